The molecule has 0 unspecified atom stereocenters. The van der Waals surface area contributed by atoms with Crippen LogP contribution in [0, 0.1) is 4.64 Å². The molecular weight excluding hydrogens is 256 g/mol. The van der Waals surface area contributed by atoms with Crippen LogP contribution in [-0.4, -0.2) is 19.6 Å². The van der Waals surface area contributed by atoms with E-state index in [2.05, 4.69) is 22.3 Å². The Kier molecular flexibility index (Phi) is 3.05. The zero-order chi connectivity index (χ0) is 13.2. The van der Waals surface area contributed by atoms with Gasteiger partial charge in [-0.2, -0.15) is 5.10 Å². The molecule has 0 spiro atoms. The van der Waals surface area contributed by atoms with Crippen LogP contribution in [0.3, 0.4) is 0 Å². The van der Waals surface area contributed by atoms with Gasteiger partial charge in [0, 0.05) is 19.3 Å². The van der Waals surface area contributed by atoms with E-state index in [9.17, 15) is 0 Å². The molecule has 0 aliphatic rings. The Morgan fingerprint density at radius 3 is 2.68 bits per heavy atom. The molecule has 3 rings (SSSR count). The van der Waals surface area contributed by atoms with Crippen molar-refractivity contribution in [2.75, 3.05) is 0 Å². The molecule has 1 N–H and O–H groups in total. The van der Waals surface area contributed by atoms with Crippen LogP contribution >= 0.6 is 12.2 Å². The maximum absolute atomic E-state index is 5.39. The van der Waals surface area contributed by atoms with Crippen LogP contribution in [0.25, 0.3) is 11.4 Å². The summed E-state index contributed by atoms with van der Waals surface area (Å²) < 4.78 is 4.58. The number of nitrogens with zero attached hydrogens (tertiary/aromatic N) is 3. The van der Waals surface area contributed by atoms with Crippen LogP contribution in [0.1, 0.15) is 5.56 Å². The molecule has 0 saturated carbocycles. The first-order chi connectivity index (χ1) is 9.24. The highest BCUT2D eigenvalue weighted by Gasteiger charge is 2.06. The second-order valence-corrected chi connectivity index (χ2v) is 4.84. The molecular formula is C14H14N4S. The molecule has 0 bridgehead atoms. The van der Waals surface area contributed by atoms with Gasteiger partial charge >= 0.3 is 0 Å². The van der Waals surface area contributed by atoms with Crippen LogP contribution in [0.4, 0.5) is 0 Å². The average Bonchev–Trinajstić information content (AvgIpc) is 2.98. The molecule has 19 heavy (non-hydrogen) atoms. The van der Waals surface area contributed by atoms with Crippen molar-refractivity contribution >= 4 is 12.2 Å². The number of hydrogen-bond donors (Lipinski definition) is 1. The van der Waals surface area contributed by atoms with Gasteiger partial charge in [0.05, 0.1) is 17.9 Å². The summed E-state index contributed by atoms with van der Waals surface area (Å²) in [4.78, 5) is 0. The van der Waals surface area contributed by atoms with E-state index in [4.69, 9.17) is 12.2 Å². The average molecular weight is 270 g/mol. The summed E-state index contributed by atoms with van der Waals surface area (Å²) in [6.07, 6.45) is 1.78. The zero-order valence-electron chi connectivity index (χ0n) is 10.6. The lowest BCUT2D eigenvalue weighted by Crippen LogP contribution is -2.02. The smallest absolute Gasteiger partial charge is 0.122 e. The molecule has 3 aromatic rings. The van der Waals surface area contributed by atoms with Crippen LogP contribution in [0.2, 0.25) is 0 Å². The Hall–Kier alpha value is -2.14. The first-order valence-corrected chi connectivity index (χ1v) is 6.47. The molecule has 96 valence electrons. The first kappa shape index (κ1) is 11.9. The molecule has 2 heterocycles. The Bertz CT molecular complexity index is 736. The monoisotopic (exact) mass is 270 g/mol. The topological polar surface area (TPSA) is 38.5 Å². The molecule has 1 aromatic carbocycles. The van der Waals surface area contributed by atoms with Gasteiger partial charge in [-0.3, -0.25) is 14.5 Å². The number of H-pyrrole nitrogens is 1. The van der Waals surface area contributed by atoms with Gasteiger partial charge < -0.3 is 0 Å². The highest BCUT2D eigenvalue weighted by molar-refractivity contribution is 7.71. The number of hydrogen-bond acceptors (Lipinski definition) is 2. The third kappa shape index (κ3) is 2.37. The second kappa shape index (κ2) is 4.85. The molecule has 0 fully saturated rings. The third-order valence-corrected chi connectivity index (χ3v) is 3.41. The molecule has 0 aliphatic heterocycles. The van der Waals surface area contributed by atoms with Crippen LogP contribution in [-0.2, 0) is 13.6 Å². The van der Waals surface area contributed by atoms with E-state index in [0.29, 0.717) is 0 Å². The molecule has 5 heteroatoms. The molecule has 0 amide bonds. The van der Waals surface area contributed by atoms with E-state index < -0.39 is 0 Å². The van der Waals surface area contributed by atoms with Crippen LogP contribution in [0.15, 0.2) is 48.7 Å². The maximum Gasteiger partial charge on any atom is 0.122 e. The summed E-state index contributed by atoms with van der Waals surface area (Å²) in [7, 11) is 1.92. The number of aromatic nitrogens is 4. The van der Waals surface area contributed by atoms with E-state index in [-0.39, 0.29) is 0 Å². The lowest BCUT2D eigenvalue weighted by molar-refractivity contribution is 0.677. The molecule has 0 aliphatic carbocycles. The number of aryl methyl sites for hydroxylation is 1. The Labute approximate surface area is 116 Å². The number of nitrogens with one attached hydrogen (secondary N) is 1. The van der Waals surface area contributed by atoms with E-state index >= 15 is 0 Å². The third-order valence-electron chi connectivity index (χ3n) is 3.07. The molecule has 0 radical (unpaired) electrons. The number of rotatable bonds is 3. The fourth-order valence-corrected chi connectivity index (χ4v) is 2.31. The minimum absolute atomic E-state index is 0.748. The Balaban J connectivity index is 1.95. The first-order valence-electron chi connectivity index (χ1n) is 6.06. The second-order valence-electron chi connectivity index (χ2n) is 4.42. The zero-order valence-corrected chi connectivity index (χ0v) is 11.4. The van der Waals surface area contributed by atoms with Crippen molar-refractivity contribution < 1.29 is 0 Å². The summed E-state index contributed by atoms with van der Waals surface area (Å²) in [6, 6.07) is 14.2. The maximum atomic E-state index is 5.39. The highest BCUT2D eigenvalue weighted by Crippen LogP contribution is 2.16. The van der Waals surface area contributed by atoms with Crippen LogP contribution < -0.4 is 0 Å². The fourth-order valence-electron chi connectivity index (χ4n) is 2.09. The van der Waals surface area contributed by atoms with Gasteiger partial charge in [-0.25, -0.2) is 0 Å². The minimum atomic E-state index is 0.748. The minimum Gasteiger partial charge on any atom is -0.295 e. The molecule has 0 atom stereocenters. The van der Waals surface area contributed by atoms with Crippen molar-refractivity contribution in [3.05, 3.63) is 58.9 Å². The standard InChI is InChI=1S/C14H14N4S/c1-17-13(7-8-15-17)12-9-14(19)18(16-12)10-11-5-3-2-4-6-11/h2-9,16H,10H2,1H3. The van der Waals surface area contributed by atoms with Crippen LogP contribution in [0.5, 0.6) is 0 Å². The SMILES string of the molecule is Cn1nccc1-c1cc(=S)n(Cc2ccccc2)[nH]1. The predicted octanol–water partition coefficient (Wildman–Crippen LogP) is 2.99. The Morgan fingerprint density at radius 2 is 2.00 bits per heavy atom. The molecule has 2 aromatic heterocycles. The van der Waals surface area contributed by atoms with Gasteiger partial charge in [0.25, 0.3) is 0 Å². The number of benzene rings is 1. The number of aromatic amines is 1. The summed E-state index contributed by atoms with van der Waals surface area (Å²) >= 11 is 5.39. The van der Waals surface area contributed by atoms with Crippen molar-refractivity contribution in [1.82, 2.24) is 19.6 Å². The van der Waals surface area contributed by atoms with Gasteiger partial charge in [-0.15, -0.1) is 0 Å². The molecule has 4 nitrogen and oxygen atoms in total. The lowest BCUT2D eigenvalue weighted by atomic mass is 10.2. The quantitative estimate of drug-likeness (QED) is 0.743. The van der Waals surface area contributed by atoms with E-state index in [1.807, 2.05) is 46.7 Å². The van der Waals surface area contributed by atoms with Crippen molar-refractivity contribution in [2.24, 2.45) is 7.05 Å². The lowest BCUT2D eigenvalue weighted by Gasteiger charge is -2.03. The van der Waals surface area contributed by atoms with E-state index in [1.165, 1.54) is 5.56 Å². The van der Waals surface area contributed by atoms with Gasteiger partial charge in [-0.05, 0) is 11.6 Å². The summed E-state index contributed by atoms with van der Waals surface area (Å²) in [5, 5.41) is 7.49. The van der Waals surface area contributed by atoms with Gasteiger partial charge in [0.2, 0.25) is 0 Å². The van der Waals surface area contributed by atoms with Crippen molar-refractivity contribution in [3.63, 3.8) is 0 Å². The predicted molar refractivity (Wildman–Crippen MR) is 77.4 cm³/mol. The largest absolute Gasteiger partial charge is 0.295 e. The normalized spacial score (nSPS) is 10.8. The van der Waals surface area contributed by atoms with Crippen molar-refractivity contribution in [1.29, 1.82) is 0 Å². The fraction of sp³-hybridized carbons (Fsp3) is 0.143. The van der Waals surface area contributed by atoms with Crippen molar-refractivity contribution in [3.8, 4) is 11.4 Å². The summed E-state index contributed by atoms with van der Waals surface area (Å²) in [5.41, 5.74) is 3.23. The summed E-state index contributed by atoms with van der Waals surface area (Å²) in [5.74, 6) is 0. The van der Waals surface area contributed by atoms with Gasteiger partial charge in [0.15, 0.2) is 0 Å². The molecule has 0 saturated heterocycles. The van der Waals surface area contributed by atoms with E-state index in [1.54, 1.807) is 6.20 Å². The van der Waals surface area contributed by atoms with Gasteiger partial charge in [-0.1, -0.05) is 42.5 Å². The van der Waals surface area contributed by atoms with Crippen molar-refractivity contribution in [2.45, 2.75) is 6.54 Å². The summed E-state index contributed by atoms with van der Waals surface area (Å²) in [6.45, 7) is 0.748. The van der Waals surface area contributed by atoms with Gasteiger partial charge in [0.1, 0.15) is 4.64 Å². The highest BCUT2D eigenvalue weighted by atomic mass is 32.1. The Morgan fingerprint density at radius 1 is 1.21 bits per heavy atom. The van der Waals surface area contributed by atoms with E-state index in [0.717, 1.165) is 22.6 Å².